The van der Waals surface area contributed by atoms with Crippen molar-refractivity contribution in [3.63, 3.8) is 0 Å². The summed E-state index contributed by atoms with van der Waals surface area (Å²) in [6, 6.07) is 2.04. The summed E-state index contributed by atoms with van der Waals surface area (Å²) in [6.07, 6.45) is 12.9. The zero-order valence-corrected chi connectivity index (χ0v) is 21.3. The minimum Gasteiger partial charge on any atom is -0.490 e. The number of ether oxygens (including phenoxy) is 2. The van der Waals surface area contributed by atoms with E-state index in [4.69, 9.17) is 13.9 Å². The molecule has 7 nitrogen and oxygen atoms in total. The number of aryl methyl sites for hydroxylation is 1. The number of hydrogen-bond donors (Lipinski definition) is 1. The lowest BCUT2D eigenvalue weighted by Crippen LogP contribution is -2.55. The molecule has 0 unspecified atom stereocenters. The quantitative estimate of drug-likeness (QED) is 0.478. The Morgan fingerprint density at radius 1 is 1.20 bits per heavy atom. The molecule has 188 valence electrons. The van der Waals surface area contributed by atoms with E-state index in [2.05, 4.69) is 21.8 Å². The molecule has 1 saturated carbocycles. The lowest BCUT2D eigenvalue weighted by atomic mass is 9.77. The van der Waals surface area contributed by atoms with Gasteiger partial charge in [0.2, 0.25) is 5.89 Å². The topological polar surface area (TPSA) is 80.9 Å². The van der Waals surface area contributed by atoms with E-state index in [1.165, 1.54) is 36.0 Å². The third-order valence-corrected chi connectivity index (χ3v) is 9.71. The van der Waals surface area contributed by atoms with Crippen LogP contribution in [-0.2, 0) is 11.2 Å². The first-order chi connectivity index (χ1) is 17.2. The van der Waals surface area contributed by atoms with Crippen molar-refractivity contribution in [1.29, 1.82) is 0 Å². The lowest BCUT2D eigenvalue weighted by molar-refractivity contribution is -0.0510. The highest BCUT2D eigenvalue weighted by Crippen LogP contribution is 2.49. The summed E-state index contributed by atoms with van der Waals surface area (Å²) >= 11 is 1.78. The first-order valence-electron chi connectivity index (χ1n) is 13.1. The maximum absolute atomic E-state index is 10.7. The number of aliphatic hydroxyl groups is 1. The number of pyridine rings is 1. The fourth-order valence-corrected chi connectivity index (χ4v) is 7.85. The molecule has 2 atom stereocenters. The Hall–Kier alpha value is -2.00. The Bertz CT molecular complexity index is 1130. The van der Waals surface area contributed by atoms with Crippen molar-refractivity contribution in [1.82, 2.24) is 14.9 Å². The normalized spacial score (nSPS) is 28.3. The molecule has 3 aliphatic rings. The molecule has 2 aliphatic carbocycles. The third kappa shape index (κ3) is 4.39. The number of hydrogen-bond acceptors (Lipinski definition) is 8. The molecule has 0 radical (unpaired) electrons. The van der Waals surface area contributed by atoms with Crippen LogP contribution >= 0.6 is 11.3 Å². The Labute approximate surface area is 210 Å². The number of aliphatic hydroxyl groups excluding tert-OH is 1. The monoisotopic (exact) mass is 497 g/mol. The van der Waals surface area contributed by atoms with Crippen molar-refractivity contribution in [3.05, 3.63) is 41.1 Å². The average molecular weight is 498 g/mol. The van der Waals surface area contributed by atoms with Crippen LogP contribution in [0.1, 0.15) is 80.2 Å². The maximum atomic E-state index is 10.7. The van der Waals surface area contributed by atoms with E-state index in [9.17, 15) is 5.11 Å². The van der Waals surface area contributed by atoms with Crippen LogP contribution in [0.15, 0.2) is 29.1 Å². The maximum Gasteiger partial charge on any atom is 0.222 e. The molecule has 3 aromatic rings. The molecular formula is C27H35N3O4S. The average Bonchev–Trinajstić information content (AvgIpc) is 3.64. The summed E-state index contributed by atoms with van der Waals surface area (Å²) in [5.74, 6) is 1.62. The third-order valence-electron chi connectivity index (χ3n) is 8.54. The molecule has 1 N–H and O–H groups in total. The van der Waals surface area contributed by atoms with E-state index in [1.807, 2.05) is 12.3 Å². The van der Waals surface area contributed by atoms with Crippen LogP contribution in [-0.4, -0.2) is 57.9 Å². The fourth-order valence-electron chi connectivity index (χ4n) is 6.59. The molecule has 0 bridgehead atoms. The molecule has 35 heavy (non-hydrogen) atoms. The molecule has 6 rings (SSSR count). The van der Waals surface area contributed by atoms with E-state index in [-0.39, 0.29) is 12.0 Å². The summed E-state index contributed by atoms with van der Waals surface area (Å²) < 4.78 is 17.7. The summed E-state index contributed by atoms with van der Waals surface area (Å²) in [7, 11) is 0. The predicted octanol–water partition coefficient (Wildman–Crippen LogP) is 5.24. The van der Waals surface area contributed by atoms with Gasteiger partial charge in [0, 0.05) is 29.7 Å². The minimum absolute atomic E-state index is 0.231. The summed E-state index contributed by atoms with van der Waals surface area (Å²) in [4.78, 5) is 13.9. The second-order valence-electron chi connectivity index (χ2n) is 10.3. The van der Waals surface area contributed by atoms with Crippen LogP contribution in [0.3, 0.4) is 0 Å². The van der Waals surface area contributed by atoms with Gasteiger partial charge in [-0.05, 0) is 68.9 Å². The molecule has 2 fully saturated rings. The first kappa shape index (κ1) is 23.4. The predicted molar refractivity (Wildman–Crippen MR) is 135 cm³/mol. The summed E-state index contributed by atoms with van der Waals surface area (Å²) in [5, 5.41) is 11.9. The SMILES string of the molecule is CC[C@]1(N2CCOCC2)CC[C@H](Oc2ccnc3sc4c(c23)[C@@H](C[C@@H](O)c2ncco2)CC4)CC1. The number of morpholine rings is 1. The van der Waals surface area contributed by atoms with Gasteiger partial charge >= 0.3 is 0 Å². The zero-order chi connectivity index (χ0) is 23.8. The summed E-state index contributed by atoms with van der Waals surface area (Å²) in [6.45, 7) is 6.14. The van der Waals surface area contributed by atoms with Gasteiger partial charge in [-0.25, -0.2) is 9.97 Å². The van der Waals surface area contributed by atoms with Gasteiger partial charge in [-0.2, -0.15) is 0 Å². The molecule has 1 saturated heterocycles. The van der Waals surface area contributed by atoms with Crippen LogP contribution in [0.4, 0.5) is 0 Å². The molecule has 8 heteroatoms. The lowest BCUT2D eigenvalue weighted by Gasteiger charge is -2.49. The molecule has 0 spiro atoms. The molecule has 3 aromatic heterocycles. The van der Waals surface area contributed by atoms with Crippen LogP contribution in [0.5, 0.6) is 5.75 Å². The van der Waals surface area contributed by atoms with Gasteiger partial charge in [-0.3, -0.25) is 4.90 Å². The Morgan fingerprint density at radius 2 is 2.03 bits per heavy atom. The van der Waals surface area contributed by atoms with Gasteiger partial charge < -0.3 is 19.0 Å². The van der Waals surface area contributed by atoms with Crippen LogP contribution in [0.25, 0.3) is 10.2 Å². The largest absolute Gasteiger partial charge is 0.490 e. The van der Waals surface area contributed by atoms with Gasteiger partial charge in [0.15, 0.2) is 0 Å². The first-order valence-corrected chi connectivity index (χ1v) is 14.0. The smallest absolute Gasteiger partial charge is 0.222 e. The van der Waals surface area contributed by atoms with Gasteiger partial charge in [-0.15, -0.1) is 11.3 Å². The van der Waals surface area contributed by atoms with Crippen molar-refractivity contribution in [2.75, 3.05) is 26.3 Å². The molecule has 0 aromatic carbocycles. The molecule has 1 aliphatic heterocycles. The van der Waals surface area contributed by atoms with Crippen molar-refractivity contribution in [2.24, 2.45) is 0 Å². The molecule has 4 heterocycles. The Kier molecular flexibility index (Phi) is 6.56. The van der Waals surface area contributed by atoms with Crippen LogP contribution in [0.2, 0.25) is 0 Å². The number of thiophene rings is 1. The highest BCUT2D eigenvalue weighted by atomic mass is 32.1. The van der Waals surface area contributed by atoms with Gasteiger partial charge in [0.05, 0.1) is 30.9 Å². The van der Waals surface area contributed by atoms with E-state index in [0.717, 1.165) is 68.0 Å². The van der Waals surface area contributed by atoms with Gasteiger partial charge in [0.1, 0.15) is 22.9 Å². The highest BCUT2D eigenvalue weighted by Gasteiger charge is 2.40. The van der Waals surface area contributed by atoms with E-state index in [1.54, 1.807) is 17.5 Å². The van der Waals surface area contributed by atoms with E-state index >= 15 is 0 Å². The van der Waals surface area contributed by atoms with Crippen LogP contribution in [0, 0.1) is 0 Å². The molecule has 0 amide bonds. The van der Waals surface area contributed by atoms with E-state index < -0.39 is 6.10 Å². The van der Waals surface area contributed by atoms with E-state index in [0.29, 0.717) is 17.9 Å². The standard InChI is InChI=1S/C27H35N3O4S/c1-2-27(30-12-15-32-16-13-30)8-5-19(6-9-27)34-21-7-10-29-26-24(21)23-18(3-4-22(23)35-26)17-20(31)25-28-11-14-33-25/h7,10-11,14,18-20,31H,2-6,8-9,12-13,15-17H2,1H3/t18-,19-,20-,27-/m1/s1. The summed E-state index contributed by atoms with van der Waals surface area (Å²) in [5.41, 5.74) is 1.62. The van der Waals surface area contributed by atoms with Crippen molar-refractivity contribution >= 4 is 21.6 Å². The van der Waals surface area contributed by atoms with Gasteiger partial charge in [0.25, 0.3) is 0 Å². The number of fused-ring (bicyclic) bond motifs is 3. The van der Waals surface area contributed by atoms with Crippen LogP contribution < -0.4 is 4.74 Å². The minimum atomic E-state index is -0.697. The Balaban J connectivity index is 1.20. The second-order valence-corrected chi connectivity index (χ2v) is 11.4. The molecular weight excluding hydrogens is 462 g/mol. The van der Waals surface area contributed by atoms with Gasteiger partial charge in [-0.1, -0.05) is 6.92 Å². The number of rotatable bonds is 7. The zero-order valence-electron chi connectivity index (χ0n) is 20.4. The van der Waals surface area contributed by atoms with Crippen molar-refractivity contribution in [3.8, 4) is 5.75 Å². The number of aromatic nitrogens is 2. The number of nitrogens with zero attached hydrogens (tertiary/aromatic N) is 3. The highest BCUT2D eigenvalue weighted by molar-refractivity contribution is 7.19. The number of oxazole rings is 1. The Morgan fingerprint density at radius 3 is 2.77 bits per heavy atom. The second kappa shape index (κ2) is 9.81. The van der Waals surface area contributed by atoms with Crippen molar-refractivity contribution < 1.29 is 19.0 Å². The fraction of sp³-hybridized carbons (Fsp3) is 0.630. The van der Waals surface area contributed by atoms with Crippen molar-refractivity contribution in [2.45, 2.75) is 82.0 Å².